The SMILES string of the molecule is Cc1csc(=O)n1CCOCCCl. The van der Waals surface area contributed by atoms with Crippen LogP contribution in [0.1, 0.15) is 5.69 Å². The van der Waals surface area contributed by atoms with Crippen LogP contribution in [-0.2, 0) is 11.3 Å². The number of nitrogens with zero attached hydrogens (tertiary/aromatic N) is 1. The van der Waals surface area contributed by atoms with Crippen LogP contribution in [0, 0.1) is 6.92 Å². The van der Waals surface area contributed by atoms with E-state index in [0.29, 0.717) is 25.6 Å². The summed E-state index contributed by atoms with van der Waals surface area (Å²) in [6.45, 7) is 3.62. The number of ether oxygens (including phenoxy) is 1. The van der Waals surface area contributed by atoms with E-state index in [-0.39, 0.29) is 4.87 Å². The van der Waals surface area contributed by atoms with E-state index in [0.717, 1.165) is 5.69 Å². The molecular formula is C8H12ClNO2S. The lowest BCUT2D eigenvalue weighted by molar-refractivity contribution is 0.140. The molecule has 0 unspecified atom stereocenters. The molecule has 0 radical (unpaired) electrons. The molecule has 0 aliphatic rings. The van der Waals surface area contributed by atoms with Crippen molar-refractivity contribution in [3.63, 3.8) is 0 Å². The van der Waals surface area contributed by atoms with Gasteiger partial charge in [-0.05, 0) is 6.92 Å². The summed E-state index contributed by atoms with van der Waals surface area (Å²) in [5.74, 6) is 0.498. The van der Waals surface area contributed by atoms with Crippen molar-refractivity contribution in [1.82, 2.24) is 4.57 Å². The Morgan fingerprint density at radius 2 is 2.38 bits per heavy atom. The van der Waals surface area contributed by atoms with Gasteiger partial charge in [0.2, 0.25) is 0 Å². The lowest BCUT2D eigenvalue weighted by atomic mass is 10.5. The summed E-state index contributed by atoms with van der Waals surface area (Å²) in [4.78, 5) is 11.3. The van der Waals surface area contributed by atoms with E-state index >= 15 is 0 Å². The first-order valence-electron chi connectivity index (χ1n) is 4.04. The predicted molar refractivity (Wildman–Crippen MR) is 54.9 cm³/mol. The Morgan fingerprint density at radius 3 is 2.92 bits per heavy atom. The van der Waals surface area contributed by atoms with Gasteiger partial charge in [-0.1, -0.05) is 11.3 Å². The maximum absolute atomic E-state index is 11.2. The van der Waals surface area contributed by atoms with Crippen LogP contribution in [0.2, 0.25) is 0 Å². The normalized spacial score (nSPS) is 10.6. The minimum atomic E-state index is 0.0759. The van der Waals surface area contributed by atoms with E-state index in [1.807, 2.05) is 12.3 Å². The second-order valence-electron chi connectivity index (χ2n) is 2.60. The Labute approximate surface area is 85.9 Å². The van der Waals surface area contributed by atoms with E-state index in [4.69, 9.17) is 16.3 Å². The summed E-state index contributed by atoms with van der Waals surface area (Å²) in [6.07, 6.45) is 0. The number of rotatable bonds is 5. The molecule has 0 N–H and O–H groups in total. The molecule has 3 nitrogen and oxygen atoms in total. The van der Waals surface area contributed by atoms with Crippen LogP contribution >= 0.6 is 22.9 Å². The van der Waals surface area contributed by atoms with Crippen molar-refractivity contribution >= 4 is 22.9 Å². The first kappa shape index (κ1) is 10.8. The van der Waals surface area contributed by atoms with E-state index in [9.17, 15) is 4.79 Å². The van der Waals surface area contributed by atoms with Gasteiger partial charge < -0.3 is 9.30 Å². The number of hydrogen-bond donors (Lipinski definition) is 0. The summed E-state index contributed by atoms with van der Waals surface area (Å²) in [6, 6.07) is 0. The molecule has 0 aromatic carbocycles. The minimum absolute atomic E-state index is 0.0759. The van der Waals surface area contributed by atoms with Crippen molar-refractivity contribution in [3.05, 3.63) is 20.7 Å². The van der Waals surface area contributed by atoms with Gasteiger partial charge in [0.15, 0.2) is 0 Å². The molecule has 0 spiro atoms. The first-order chi connectivity index (χ1) is 6.25. The van der Waals surface area contributed by atoms with E-state index in [1.54, 1.807) is 4.57 Å². The van der Waals surface area contributed by atoms with E-state index in [1.165, 1.54) is 11.3 Å². The first-order valence-corrected chi connectivity index (χ1v) is 5.45. The van der Waals surface area contributed by atoms with Crippen molar-refractivity contribution < 1.29 is 4.74 Å². The van der Waals surface area contributed by atoms with Gasteiger partial charge in [-0.2, -0.15) is 0 Å². The van der Waals surface area contributed by atoms with Gasteiger partial charge in [-0.15, -0.1) is 11.6 Å². The smallest absolute Gasteiger partial charge is 0.307 e. The Bertz CT molecular complexity index is 307. The molecule has 5 heteroatoms. The Kier molecular flexibility index (Phi) is 4.48. The lowest BCUT2D eigenvalue weighted by Gasteiger charge is -2.04. The fourth-order valence-electron chi connectivity index (χ4n) is 0.987. The van der Waals surface area contributed by atoms with Crippen LogP contribution in [0.15, 0.2) is 10.2 Å². The van der Waals surface area contributed by atoms with Gasteiger partial charge in [-0.3, -0.25) is 4.79 Å². The lowest BCUT2D eigenvalue weighted by Crippen LogP contribution is -2.18. The largest absolute Gasteiger partial charge is 0.378 e. The molecule has 0 aliphatic carbocycles. The maximum Gasteiger partial charge on any atom is 0.307 e. The number of halogens is 1. The molecule has 0 atom stereocenters. The van der Waals surface area contributed by atoms with Gasteiger partial charge in [-0.25, -0.2) is 0 Å². The van der Waals surface area contributed by atoms with Crippen molar-refractivity contribution in [2.24, 2.45) is 0 Å². The highest BCUT2D eigenvalue weighted by molar-refractivity contribution is 7.07. The zero-order valence-corrected chi connectivity index (χ0v) is 9.03. The van der Waals surface area contributed by atoms with E-state index in [2.05, 4.69) is 0 Å². The third-order valence-electron chi connectivity index (χ3n) is 1.66. The third kappa shape index (κ3) is 3.14. The zero-order valence-electron chi connectivity index (χ0n) is 7.46. The molecule has 0 fully saturated rings. The molecule has 1 heterocycles. The molecule has 1 rings (SSSR count). The van der Waals surface area contributed by atoms with Crippen LogP contribution < -0.4 is 4.87 Å². The Balaban J connectivity index is 2.40. The number of alkyl halides is 1. The number of thiazole rings is 1. The van der Waals surface area contributed by atoms with Gasteiger partial charge in [0, 0.05) is 17.0 Å². The Hall–Kier alpha value is -0.320. The van der Waals surface area contributed by atoms with Crippen LogP contribution in [0.5, 0.6) is 0 Å². The van der Waals surface area contributed by atoms with E-state index < -0.39 is 0 Å². The van der Waals surface area contributed by atoms with Gasteiger partial charge in [0.25, 0.3) is 0 Å². The molecule has 0 amide bonds. The average molecular weight is 222 g/mol. The topological polar surface area (TPSA) is 31.2 Å². The summed E-state index contributed by atoms with van der Waals surface area (Å²) < 4.78 is 6.89. The third-order valence-corrected chi connectivity index (χ3v) is 2.69. The quantitative estimate of drug-likeness (QED) is 0.557. The summed E-state index contributed by atoms with van der Waals surface area (Å²) >= 11 is 6.65. The highest BCUT2D eigenvalue weighted by atomic mass is 35.5. The van der Waals surface area contributed by atoms with Crippen LogP contribution in [0.25, 0.3) is 0 Å². The fourth-order valence-corrected chi connectivity index (χ4v) is 1.86. The average Bonchev–Trinajstić information content (AvgIpc) is 2.42. The second kappa shape index (κ2) is 5.42. The highest BCUT2D eigenvalue weighted by Crippen LogP contribution is 1.98. The molecule has 1 aromatic rings. The second-order valence-corrected chi connectivity index (χ2v) is 3.79. The summed E-state index contributed by atoms with van der Waals surface area (Å²) in [5.41, 5.74) is 0.990. The summed E-state index contributed by atoms with van der Waals surface area (Å²) in [5, 5.41) is 1.85. The monoisotopic (exact) mass is 221 g/mol. The molecule has 13 heavy (non-hydrogen) atoms. The van der Waals surface area contributed by atoms with Gasteiger partial charge in [0.05, 0.1) is 19.8 Å². The predicted octanol–water partition coefficient (Wildman–Crippen LogP) is 1.47. The molecular weight excluding hydrogens is 210 g/mol. The van der Waals surface area contributed by atoms with Gasteiger partial charge in [0.1, 0.15) is 0 Å². The molecule has 0 aliphatic heterocycles. The summed E-state index contributed by atoms with van der Waals surface area (Å²) in [7, 11) is 0. The molecule has 0 saturated carbocycles. The van der Waals surface area contributed by atoms with Crippen LogP contribution in [-0.4, -0.2) is 23.7 Å². The fraction of sp³-hybridized carbons (Fsp3) is 0.625. The minimum Gasteiger partial charge on any atom is -0.378 e. The van der Waals surface area contributed by atoms with Crippen LogP contribution in [0.4, 0.5) is 0 Å². The van der Waals surface area contributed by atoms with Crippen molar-refractivity contribution in [2.75, 3.05) is 19.1 Å². The van der Waals surface area contributed by atoms with Gasteiger partial charge >= 0.3 is 4.87 Å². The molecule has 74 valence electrons. The number of aromatic nitrogens is 1. The molecule has 0 saturated heterocycles. The van der Waals surface area contributed by atoms with Crippen molar-refractivity contribution in [2.45, 2.75) is 13.5 Å². The molecule has 1 aromatic heterocycles. The number of aryl methyl sites for hydroxylation is 1. The zero-order chi connectivity index (χ0) is 9.68. The van der Waals surface area contributed by atoms with Crippen molar-refractivity contribution in [3.8, 4) is 0 Å². The number of hydrogen-bond acceptors (Lipinski definition) is 3. The Morgan fingerprint density at radius 1 is 1.62 bits per heavy atom. The highest BCUT2D eigenvalue weighted by Gasteiger charge is 2.00. The maximum atomic E-state index is 11.2. The molecule has 0 bridgehead atoms. The standard InChI is InChI=1S/C8H12ClNO2S/c1-7-6-13-8(11)10(7)3-5-12-4-2-9/h6H,2-5H2,1H3. The van der Waals surface area contributed by atoms with Crippen molar-refractivity contribution in [1.29, 1.82) is 0 Å². The van der Waals surface area contributed by atoms with Crippen LogP contribution in [0.3, 0.4) is 0 Å².